The largest absolute Gasteiger partial charge is 0.393 e. The summed E-state index contributed by atoms with van der Waals surface area (Å²) in [5.41, 5.74) is 1.68. The van der Waals surface area contributed by atoms with Crippen molar-refractivity contribution < 1.29 is 15.3 Å². The van der Waals surface area contributed by atoms with Gasteiger partial charge in [0.2, 0.25) is 0 Å². The van der Waals surface area contributed by atoms with E-state index in [9.17, 15) is 15.3 Å². The van der Waals surface area contributed by atoms with Crippen molar-refractivity contribution in [2.45, 2.75) is 111 Å². The molecule has 10 atom stereocenters. The van der Waals surface area contributed by atoms with Crippen molar-refractivity contribution in [1.29, 1.82) is 0 Å². The highest BCUT2D eigenvalue weighted by atomic mass is 16.3. The van der Waals surface area contributed by atoms with Crippen LogP contribution in [0.3, 0.4) is 0 Å². The second-order valence-electron chi connectivity index (χ2n) is 12.4. The monoisotopic (exact) mass is 418 g/mol. The fourth-order valence-corrected chi connectivity index (χ4v) is 8.51. The van der Waals surface area contributed by atoms with Gasteiger partial charge >= 0.3 is 0 Å². The molecule has 4 aliphatic carbocycles. The maximum atomic E-state index is 11.3. The summed E-state index contributed by atoms with van der Waals surface area (Å²) < 4.78 is 0. The van der Waals surface area contributed by atoms with Crippen molar-refractivity contribution >= 4 is 0 Å². The molecule has 4 aliphatic rings. The summed E-state index contributed by atoms with van der Waals surface area (Å²) in [7, 11) is 0. The lowest BCUT2D eigenvalue weighted by Gasteiger charge is -2.62. The van der Waals surface area contributed by atoms with Crippen LogP contribution in [0.25, 0.3) is 0 Å². The molecule has 3 heteroatoms. The summed E-state index contributed by atoms with van der Waals surface area (Å²) in [6, 6.07) is 0. The van der Waals surface area contributed by atoms with Gasteiger partial charge in [-0.3, -0.25) is 0 Å². The van der Waals surface area contributed by atoms with Gasteiger partial charge in [-0.05, 0) is 78.9 Å². The van der Waals surface area contributed by atoms with Crippen LogP contribution in [-0.4, -0.2) is 33.6 Å². The predicted octanol–water partition coefficient (Wildman–Crippen LogP) is 5.33. The van der Waals surface area contributed by atoms with Crippen LogP contribution in [-0.2, 0) is 0 Å². The molecule has 0 amide bonds. The van der Waals surface area contributed by atoms with E-state index in [1.54, 1.807) is 0 Å². The topological polar surface area (TPSA) is 60.7 Å². The lowest BCUT2D eigenvalue weighted by molar-refractivity contribution is -0.192. The Balaban J connectivity index is 1.56. The van der Waals surface area contributed by atoms with E-state index in [0.29, 0.717) is 24.2 Å². The molecule has 0 bridgehead atoms. The fourth-order valence-electron chi connectivity index (χ4n) is 8.51. The first-order valence-corrected chi connectivity index (χ1v) is 12.8. The lowest BCUT2D eigenvalue weighted by Crippen LogP contribution is -2.62. The molecule has 0 heterocycles. The van der Waals surface area contributed by atoms with Crippen LogP contribution >= 0.6 is 0 Å². The molecule has 172 valence electrons. The van der Waals surface area contributed by atoms with Crippen molar-refractivity contribution in [3.05, 3.63) is 11.6 Å². The Morgan fingerprint density at radius 1 is 0.967 bits per heavy atom. The summed E-state index contributed by atoms with van der Waals surface area (Å²) in [4.78, 5) is 0. The summed E-state index contributed by atoms with van der Waals surface area (Å²) in [6.07, 6.45) is 10.7. The highest BCUT2D eigenvalue weighted by Gasteiger charge is 2.63. The fraction of sp³-hybridized carbons (Fsp3) is 0.926. The van der Waals surface area contributed by atoms with E-state index in [4.69, 9.17) is 0 Å². The number of fused-ring (bicyclic) bond motifs is 5. The minimum absolute atomic E-state index is 0.0228. The summed E-state index contributed by atoms with van der Waals surface area (Å²) in [5.74, 6) is 2.71. The maximum absolute atomic E-state index is 11.3. The number of rotatable bonds is 5. The van der Waals surface area contributed by atoms with Crippen LogP contribution < -0.4 is 0 Å². The highest BCUT2D eigenvalue weighted by molar-refractivity contribution is 5.32. The van der Waals surface area contributed by atoms with Gasteiger partial charge in [-0.1, -0.05) is 65.5 Å². The summed E-state index contributed by atoms with van der Waals surface area (Å²) >= 11 is 0. The number of aliphatic hydroxyl groups is 3. The highest BCUT2D eigenvalue weighted by Crippen LogP contribution is 2.66. The molecule has 0 aromatic rings. The van der Waals surface area contributed by atoms with E-state index >= 15 is 0 Å². The molecular weight excluding hydrogens is 372 g/mol. The molecule has 3 fully saturated rings. The smallest absolute Gasteiger partial charge is 0.0870 e. The zero-order valence-electron chi connectivity index (χ0n) is 20.0. The molecule has 1 unspecified atom stereocenters. The van der Waals surface area contributed by atoms with Gasteiger partial charge in [0.25, 0.3) is 0 Å². The second kappa shape index (κ2) is 8.19. The Labute approximate surface area is 184 Å². The van der Waals surface area contributed by atoms with E-state index in [1.807, 2.05) is 0 Å². The molecule has 4 rings (SSSR count). The Morgan fingerprint density at radius 3 is 2.40 bits per heavy atom. The van der Waals surface area contributed by atoms with Gasteiger partial charge in [0, 0.05) is 5.92 Å². The Morgan fingerprint density at radius 2 is 1.70 bits per heavy atom. The number of hydrogen-bond donors (Lipinski definition) is 3. The Bertz CT molecular complexity index is 656. The van der Waals surface area contributed by atoms with Crippen molar-refractivity contribution in [2.75, 3.05) is 0 Å². The molecule has 0 spiro atoms. The zero-order valence-corrected chi connectivity index (χ0v) is 20.0. The van der Waals surface area contributed by atoms with Crippen molar-refractivity contribution in [3.8, 4) is 0 Å². The third-order valence-electron chi connectivity index (χ3n) is 10.3. The van der Waals surface area contributed by atoms with E-state index in [1.165, 1.54) is 31.3 Å². The molecule has 3 nitrogen and oxygen atoms in total. The average molecular weight is 419 g/mol. The molecule has 0 saturated heterocycles. The third kappa shape index (κ3) is 3.52. The Hall–Kier alpha value is -0.380. The van der Waals surface area contributed by atoms with Crippen LogP contribution in [0.5, 0.6) is 0 Å². The standard InChI is InChI=1S/C27H46O3/c1-16(2)7-6-8-17(3)19-9-10-20-23-21(12-14-26(19,20)4)27(5)13-11-18(28)15-22(27)24(29)25(23)30/h10,16-19,21-25,28-30H,6-9,11-15H2,1-5H3/t17-,18-,19-,21+,22?,23+,24-,25-,26-,27-/m1/s1. The molecule has 3 saturated carbocycles. The van der Waals surface area contributed by atoms with E-state index < -0.39 is 12.2 Å². The first-order chi connectivity index (χ1) is 14.1. The van der Waals surface area contributed by atoms with Crippen molar-refractivity contribution in [1.82, 2.24) is 0 Å². The third-order valence-corrected chi connectivity index (χ3v) is 10.3. The number of aliphatic hydroxyl groups excluding tert-OH is 3. The first kappa shape index (κ1) is 22.8. The van der Waals surface area contributed by atoms with Gasteiger partial charge in [0.1, 0.15) is 0 Å². The predicted molar refractivity (Wildman–Crippen MR) is 122 cm³/mol. The minimum Gasteiger partial charge on any atom is -0.393 e. The van der Waals surface area contributed by atoms with Gasteiger partial charge in [-0.15, -0.1) is 0 Å². The molecule has 0 aromatic carbocycles. The van der Waals surface area contributed by atoms with Crippen LogP contribution in [0.2, 0.25) is 0 Å². The van der Waals surface area contributed by atoms with Crippen molar-refractivity contribution in [2.24, 2.45) is 46.3 Å². The molecule has 3 N–H and O–H groups in total. The van der Waals surface area contributed by atoms with Crippen LogP contribution in [0, 0.1) is 46.3 Å². The summed E-state index contributed by atoms with van der Waals surface area (Å²) in [5, 5.41) is 32.7. The van der Waals surface area contributed by atoms with Gasteiger partial charge in [-0.2, -0.15) is 0 Å². The molecule has 30 heavy (non-hydrogen) atoms. The van der Waals surface area contributed by atoms with E-state index in [-0.39, 0.29) is 28.8 Å². The molecular formula is C27H46O3. The average Bonchev–Trinajstić information content (AvgIpc) is 3.04. The number of hydrogen-bond acceptors (Lipinski definition) is 3. The normalized spacial score (nSPS) is 49.2. The van der Waals surface area contributed by atoms with Gasteiger partial charge in [0.05, 0.1) is 18.3 Å². The lowest BCUT2D eigenvalue weighted by atomic mass is 9.44. The summed E-state index contributed by atoms with van der Waals surface area (Å²) in [6.45, 7) is 11.9. The van der Waals surface area contributed by atoms with Gasteiger partial charge < -0.3 is 15.3 Å². The van der Waals surface area contributed by atoms with Crippen LogP contribution in [0.1, 0.15) is 92.4 Å². The Kier molecular flexibility index (Phi) is 6.23. The molecule has 0 aromatic heterocycles. The van der Waals surface area contributed by atoms with Crippen LogP contribution in [0.4, 0.5) is 0 Å². The van der Waals surface area contributed by atoms with E-state index in [0.717, 1.165) is 31.6 Å². The minimum atomic E-state index is -0.711. The van der Waals surface area contributed by atoms with Crippen molar-refractivity contribution in [3.63, 3.8) is 0 Å². The quantitative estimate of drug-likeness (QED) is 0.529. The maximum Gasteiger partial charge on any atom is 0.0870 e. The second-order valence-corrected chi connectivity index (χ2v) is 12.4. The number of allylic oxidation sites excluding steroid dienone is 1. The first-order valence-electron chi connectivity index (χ1n) is 12.8. The molecule has 0 aliphatic heterocycles. The van der Waals surface area contributed by atoms with Crippen LogP contribution in [0.15, 0.2) is 11.6 Å². The SMILES string of the molecule is CC(C)CCC[C@@H](C)[C@H]1CC=C2[C@@H]3[C@@H](O)[C@H](O)C4C[C@H](O)CC[C@]4(C)[C@H]3CC[C@@]21C. The van der Waals surface area contributed by atoms with E-state index in [2.05, 4.69) is 40.7 Å². The zero-order chi connectivity index (χ0) is 21.8. The molecule has 0 radical (unpaired) electrons. The van der Waals surface area contributed by atoms with Gasteiger partial charge in [-0.25, -0.2) is 0 Å². The van der Waals surface area contributed by atoms with Gasteiger partial charge in [0.15, 0.2) is 0 Å².